The SMILES string of the molecule is CN=C(NCCN1CCC(C)CC1)Nc1cccc(OCCCOC)c1.I. The Balaban J connectivity index is 0.00000364. The number of likely N-dealkylation sites (tertiary alicyclic amines) is 1. The number of rotatable bonds is 9. The Morgan fingerprint density at radius 1 is 1.26 bits per heavy atom. The minimum Gasteiger partial charge on any atom is -0.493 e. The Labute approximate surface area is 181 Å². The van der Waals surface area contributed by atoms with Gasteiger partial charge in [0.2, 0.25) is 0 Å². The van der Waals surface area contributed by atoms with E-state index in [9.17, 15) is 0 Å². The zero-order valence-electron chi connectivity index (χ0n) is 16.9. The summed E-state index contributed by atoms with van der Waals surface area (Å²) >= 11 is 0. The predicted molar refractivity (Wildman–Crippen MR) is 124 cm³/mol. The lowest BCUT2D eigenvalue weighted by Crippen LogP contribution is -2.40. The number of benzene rings is 1. The summed E-state index contributed by atoms with van der Waals surface area (Å²) in [5.74, 6) is 2.51. The van der Waals surface area contributed by atoms with Crippen LogP contribution in [0.15, 0.2) is 29.3 Å². The number of halogens is 1. The quantitative estimate of drug-likeness (QED) is 0.241. The van der Waals surface area contributed by atoms with Gasteiger partial charge in [-0.1, -0.05) is 13.0 Å². The van der Waals surface area contributed by atoms with Gasteiger partial charge in [0.05, 0.1) is 6.61 Å². The summed E-state index contributed by atoms with van der Waals surface area (Å²) in [6.07, 6.45) is 3.50. The monoisotopic (exact) mass is 490 g/mol. The van der Waals surface area contributed by atoms with Crippen LogP contribution in [0.4, 0.5) is 5.69 Å². The second-order valence-electron chi connectivity index (χ2n) is 6.87. The number of aliphatic imine (C=N–C) groups is 1. The minimum absolute atomic E-state index is 0. The maximum Gasteiger partial charge on any atom is 0.195 e. The highest BCUT2D eigenvalue weighted by molar-refractivity contribution is 14.0. The number of hydrogen-bond donors (Lipinski definition) is 2. The number of anilines is 1. The van der Waals surface area contributed by atoms with Crippen LogP contribution in [0.2, 0.25) is 0 Å². The van der Waals surface area contributed by atoms with Gasteiger partial charge in [0.25, 0.3) is 0 Å². The average Bonchev–Trinajstić information content (AvgIpc) is 2.66. The van der Waals surface area contributed by atoms with Crippen LogP contribution in [-0.2, 0) is 4.74 Å². The zero-order chi connectivity index (χ0) is 18.6. The fourth-order valence-electron chi connectivity index (χ4n) is 2.99. The topological polar surface area (TPSA) is 58.1 Å². The summed E-state index contributed by atoms with van der Waals surface area (Å²) in [6.45, 7) is 8.06. The maximum atomic E-state index is 5.75. The third kappa shape index (κ3) is 9.62. The lowest BCUT2D eigenvalue weighted by Gasteiger charge is -2.30. The average molecular weight is 490 g/mol. The molecule has 0 aromatic heterocycles. The van der Waals surface area contributed by atoms with Crippen molar-refractivity contribution < 1.29 is 9.47 Å². The van der Waals surface area contributed by atoms with Crippen LogP contribution in [0.5, 0.6) is 5.75 Å². The fraction of sp³-hybridized carbons (Fsp3) is 0.650. The van der Waals surface area contributed by atoms with Gasteiger partial charge in [-0.25, -0.2) is 0 Å². The summed E-state index contributed by atoms with van der Waals surface area (Å²) in [6, 6.07) is 7.95. The van der Waals surface area contributed by atoms with Gasteiger partial charge < -0.3 is 25.0 Å². The molecule has 154 valence electrons. The van der Waals surface area contributed by atoms with E-state index in [0.29, 0.717) is 13.2 Å². The second-order valence-corrected chi connectivity index (χ2v) is 6.87. The number of hydrogen-bond acceptors (Lipinski definition) is 4. The standard InChI is InChI=1S/C20H34N4O2.HI/c1-17-8-11-24(12-9-17)13-10-22-20(21-2)23-18-6-4-7-19(16-18)26-15-5-14-25-3;/h4,6-7,16-17H,5,8-15H2,1-3H3,(H2,21,22,23);1H. The van der Waals surface area contributed by atoms with E-state index >= 15 is 0 Å². The van der Waals surface area contributed by atoms with Crippen molar-refractivity contribution in [2.75, 3.05) is 58.9 Å². The van der Waals surface area contributed by atoms with Crippen molar-refractivity contribution in [2.24, 2.45) is 10.9 Å². The largest absolute Gasteiger partial charge is 0.493 e. The molecule has 0 amide bonds. The van der Waals surface area contributed by atoms with Crippen molar-refractivity contribution in [1.29, 1.82) is 0 Å². The highest BCUT2D eigenvalue weighted by Gasteiger charge is 2.14. The first-order valence-electron chi connectivity index (χ1n) is 9.63. The van der Waals surface area contributed by atoms with Gasteiger partial charge in [0.15, 0.2) is 5.96 Å². The smallest absolute Gasteiger partial charge is 0.195 e. The van der Waals surface area contributed by atoms with Crippen LogP contribution in [0, 0.1) is 5.92 Å². The molecule has 1 fully saturated rings. The van der Waals surface area contributed by atoms with Crippen LogP contribution >= 0.6 is 24.0 Å². The Morgan fingerprint density at radius 2 is 2.04 bits per heavy atom. The van der Waals surface area contributed by atoms with Crippen molar-refractivity contribution >= 4 is 35.6 Å². The van der Waals surface area contributed by atoms with Crippen molar-refractivity contribution in [3.8, 4) is 5.75 Å². The number of nitrogens with one attached hydrogen (secondary N) is 2. The van der Waals surface area contributed by atoms with Crippen molar-refractivity contribution in [3.63, 3.8) is 0 Å². The number of methoxy groups -OCH3 is 1. The van der Waals surface area contributed by atoms with Crippen LogP contribution in [0.3, 0.4) is 0 Å². The summed E-state index contributed by atoms with van der Waals surface area (Å²) in [5.41, 5.74) is 0.967. The maximum absolute atomic E-state index is 5.75. The Kier molecular flexibility index (Phi) is 12.4. The summed E-state index contributed by atoms with van der Waals surface area (Å²) in [7, 11) is 3.50. The molecule has 1 heterocycles. The third-order valence-corrected chi connectivity index (χ3v) is 4.68. The molecule has 6 nitrogen and oxygen atoms in total. The number of ether oxygens (including phenoxy) is 2. The molecule has 0 atom stereocenters. The van der Waals surface area contributed by atoms with Crippen LogP contribution < -0.4 is 15.4 Å². The van der Waals surface area contributed by atoms with Gasteiger partial charge in [-0.15, -0.1) is 24.0 Å². The van der Waals surface area contributed by atoms with Gasteiger partial charge in [-0.3, -0.25) is 4.99 Å². The minimum atomic E-state index is 0. The molecule has 2 N–H and O–H groups in total. The van der Waals surface area contributed by atoms with E-state index in [2.05, 4.69) is 27.4 Å². The molecule has 1 aromatic rings. The lowest BCUT2D eigenvalue weighted by molar-refractivity contribution is 0.172. The van der Waals surface area contributed by atoms with Crippen molar-refractivity contribution in [1.82, 2.24) is 10.2 Å². The van der Waals surface area contributed by atoms with Gasteiger partial charge in [0, 0.05) is 52.0 Å². The van der Waals surface area contributed by atoms with Crippen LogP contribution in [-0.4, -0.2) is 64.4 Å². The first-order valence-corrected chi connectivity index (χ1v) is 9.63. The third-order valence-electron chi connectivity index (χ3n) is 4.68. The van der Waals surface area contributed by atoms with E-state index in [1.54, 1.807) is 14.2 Å². The molecule has 0 bridgehead atoms. The van der Waals surface area contributed by atoms with Gasteiger partial charge >= 0.3 is 0 Å². The number of guanidine groups is 1. The van der Waals surface area contributed by atoms with E-state index in [-0.39, 0.29) is 24.0 Å². The number of piperidine rings is 1. The lowest BCUT2D eigenvalue weighted by atomic mass is 9.99. The molecule has 0 spiro atoms. The molecule has 0 radical (unpaired) electrons. The molecule has 1 aromatic carbocycles. The zero-order valence-corrected chi connectivity index (χ0v) is 19.2. The van der Waals surface area contributed by atoms with E-state index in [4.69, 9.17) is 9.47 Å². The molecule has 0 aliphatic carbocycles. The number of nitrogens with zero attached hydrogens (tertiary/aromatic N) is 2. The van der Waals surface area contributed by atoms with E-state index < -0.39 is 0 Å². The molecular formula is C20H35IN4O2. The summed E-state index contributed by atoms with van der Waals surface area (Å²) in [4.78, 5) is 6.84. The second kappa shape index (κ2) is 14.0. The highest BCUT2D eigenvalue weighted by atomic mass is 127. The van der Waals surface area contributed by atoms with Crippen molar-refractivity contribution in [3.05, 3.63) is 24.3 Å². The van der Waals surface area contributed by atoms with Crippen molar-refractivity contribution in [2.45, 2.75) is 26.2 Å². The summed E-state index contributed by atoms with van der Waals surface area (Å²) < 4.78 is 10.8. The molecule has 2 rings (SSSR count). The van der Waals surface area contributed by atoms with Crippen LogP contribution in [0.1, 0.15) is 26.2 Å². The van der Waals surface area contributed by atoms with E-state index in [0.717, 1.165) is 42.8 Å². The normalized spacial score (nSPS) is 15.9. The molecule has 0 unspecified atom stereocenters. The molecular weight excluding hydrogens is 455 g/mol. The molecule has 1 aliphatic rings. The summed E-state index contributed by atoms with van der Waals surface area (Å²) in [5, 5.41) is 6.73. The van der Waals surface area contributed by atoms with Gasteiger partial charge in [0.1, 0.15) is 5.75 Å². The predicted octanol–water partition coefficient (Wildman–Crippen LogP) is 3.44. The van der Waals surface area contributed by atoms with Crippen LogP contribution in [0.25, 0.3) is 0 Å². The Hall–Kier alpha value is -1.06. The van der Waals surface area contributed by atoms with E-state index in [1.807, 2.05) is 24.3 Å². The fourth-order valence-corrected chi connectivity index (χ4v) is 2.99. The van der Waals surface area contributed by atoms with Gasteiger partial charge in [-0.05, 0) is 44.0 Å². The van der Waals surface area contributed by atoms with Gasteiger partial charge in [-0.2, -0.15) is 0 Å². The molecule has 7 heteroatoms. The molecule has 27 heavy (non-hydrogen) atoms. The highest BCUT2D eigenvalue weighted by Crippen LogP contribution is 2.17. The first-order chi connectivity index (χ1) is 12.7. The first kappa shape index (κ1) is 24.0. The molecule has 1 saturated heterocycles. The Bertz CT molecular complexity index is 549. The molecule has 0 saturated carbocycles. The van der Waals surface area contributed by atoms with E-state index in [1.165, 1.54) is 25.9 Å². The Morgan fingerprint density at radius 3 is 2.74 bits per heavy atom. The molecule has 1 aliphatic heterocycles.